The van der Waals surface area contributed by atoms with Gasteiger partial charge in [0.15, 0.2) is 5.84 Å². The smallest absolute Gasteiger partial charge is 0.366 e. The van der Waals surface area contributed by atoms with Crippen molar-refractivity contribution in [2.75, 3.05) is 7.11 Å². The number of rotatable bonds is 3. The summed E-state index contributed by atoms with van der Waals surface area (Å²) in [5.74, 6) is 0.799. The molecule has 0 saturated heterocycles. The van der Waals surface area contributed by atoms with Gasteiger partial charge in [0.1, 0.15) is 5.75 Å². The maximum absolute atomic E-state index is 8.04. The molecule has 5 nitrogen and oxygen atoms in total. The Hall–Kier alpha value is -2.69. The minimum atomic E-state index is 0.0366. The molecule has 2 rings (SSSR count). The number of methoxy groups -OCH3 is 1. The Morgan fingerprint density at radius 2 is 2.00 bits per heavy atom. The molecule has 0 saturated carbocycles. The molecule has 0 amide bonds. The number of pyridine rings is 1. The number of benzene rings is 1. The fourth-order valence-electron chi connectivity index (χ4n) is 1.94. The van der Waals surface area contributed by atoms with E-state index in [0.717, 1.165) is 11.1 Å². The monoisotopic (exact) mass is 284 g/mol. The van der Waals surface area contributed by atoms with E-state index in [9.17, 15) is 0 Å². The topological polar surface area (TPSA) is 81.2 Å². The number of aromatic nitrogens is 1. The van der Waals surface area contributed by atoms with E-state index >= 15 is 0 Å². The first-order chi connectivity index (χ1) is 10.0. The highest BCUT2D eigenvalue weighted by atomic mass is 16.5. The van der Waals surface area contributed by atoms with E-state index in [-0.39, 0.29) is 11.7 Å². The van der Waals surface area contributed by atoms with Crippen LogP contribution in [0.2, 0.25) is 0 Å². The summed E-state index contributed by atoms with van der Waals surface area (Å²) in [4.78, 5) is 8.06. The number of aliphatic imine (C=N–C) groups is 1. The van der Waals surface area contributed by atoms with Crippen LogP contribution < -0.4 is 4.74 Å². The van der Waals surface area contributed by atoms with Crippen molar-refractivity contribution < 1.29 is 9.84 Å². The van der Waals surface area contributed by atoms with Gasteiger partial charge < -0.3 is 9.84 Å². The fourth-order valence-corrected chi connectivity index (χ4v) is 1.94. The predicted molar refractivity (Wildman–Crippen MR) is 83.7 cm³/mol. The molecular formula is C16H18N3O2+. The molecule has 1 heterocycles. The summed E-state index contributed by atoms with van der Waals surface area (Å²) < 4.78 is 5.24. The molecular weight excluding hydrogens is 266 g/mol. The van der Waals surface area contributed by atoms with Crippen molar-refractivity contribution in [3.05, 3.63) is 58.9 Å². The summed E-state index contributed by atoms with van der Waals surface area (Å²) in [6.45, 7) is 3.80. The average Bonchev–Trinajstić information content (AvgIpc) is 2.48. The van der Waals surface area contributed by atoms with Crippen molar-refractivity contribution in [2.45, 2.75) is 13.8 Å². The largest absolute Gasteiger partial charge is 0.578 e. The zero-order valence-electron chi connectivity index (χ0n) is 12.3. The third-order valence-corrected chi connectivity index (χ3v) is 3.18. The van der Waals surface area contributed by atoms with E-state index in [4.69, 9.17) is 15.3 Å². The highest BCUT2D eigenvalue weighted by Gasteiger charge is 2.12. The van der Waals surface area contributed by atoms with Gasteiger partial charge in [-0.2, -0.15) is 0 Å². The summed E-state index contributed by atoms with van der Waals surface area (Å²) in [7, 11) is 1.59. The van der Waals surface area contributed by atoms with Crippen molar-refractivity contribution in [1.82, 2.24) is 4.98 Å². The third kappa shape index (κ3) is 3.25. The third-order valence-electron chi connectivity index (χ3n) is 3.18. The normalized spacial score (nSPS) is 11.3. The van der Waals surface area contributed by atoms with Crippen molar-refractivity contribution >= 4 is 11.7 Å². The first kappa shape index (κ1) is 14.7. The molecule has 0 fully saturated rings. The van der Waals surface area contributed by atoms with Crippen LogP contribution in [0.5, 0.6) is 5.75 Å². The van der Waals surface area contributed by atoms with Gasteiger partial charge in [0.05, 0.1) is 12.7 Å². The first-order valence-corrected chi connectivity index (χ1v) is 6.47. The standard InChI is InChI=1S/C16H17N3O2/c1-10-4-5-12(8-14(10)21-3)16(20)19-15(17)13-6-7-18-9-11(13)2/h4-9H,1-3H3,(H2,17,19,20)/p+1. The Morgan fingerprint density at radius 3 is 2.67 bits per heavy atom. The van der Waals surface area contributed by atoms with Crippen molar-refractivity contribution in [1.29, 1.82) is 5.41 Å². The molecule has 5 heteroatoms. The SMILES string of the molecule is COc1cc(C([OH2+])=NC(=N)c2ccncc2C)ccc1C. The Labute approximate surface area is 123 Å². The van der Waals surface area contributed by atoms with Crippen LogP contribution in [0.25, 0.3) is 0 Å². The minimum Gasteiger partial charge on any atom is -0.578 e. The van der Waals surface area contributed by atoms with Crippen LogP contribution in [0.1, 0.15) is 22.3 Å². The molecule has 0 bridgehead atoms. The predicted octanol–water partition coefficient (Wildman–Crippen LogP) is 2.20. The number of amidine groups is 1. The van der Waals surface area contributed by atoms with Crippen LogP contribution in [-0.4, -0.2) is 28.9 Å². The first-order valence-electron chi connectivity index (χ1n) is 6.47. The van der Waals surface area contributed by atoms with Crippen molar-refractivity contribution in [3.63, 3.8) is 0 Å². The molecule has 2 aromatic rings. The number of ether oxygens (including phenoxy) is 1. The van der Waals surface area contributed by atoms with Crippen LogP contribution >= 0.6 is 0 Å². The maximum Gasteiger partial charge on any atom is 0.366 e. The molecule has 0 aliphatic carbocycles. The van der Waals surface area contributed by atoms with Gasteiger partial charge in [-0.3, -0.25) is 10.4 Å². The highest BCUT2D eigenvalue weighted by molar-refractivity contribution is 6.08. The number of nitrogens with one attached hydrogen (secondary N) is 1. The highest BCUT2D eigenvalue weighted by Crippen LogP contribution is 2.19. The summed E-state index contributed by atoms with van der Waals surface area (Å²) >= 11 is 0. The van der Waals surface area contributed by atoms with E-state index in [1.807, 2.05) is 19.9 Å². The molecule has 0 unspecified atom stereocenters. The summed E-state index contributed by atoms with van der Waals surface area (Å²) in [5, 5.41) is 16.1. The molecule has 0 radical (unpaired) electrons. The number of aryl methyl sites for hydroxylation is 2. The van der Waals surface area contributed by atoms with E-state index in [1.54, 1.807) is 37.7 Å². The van der Waals surface area contributed by atoms with Crippen molar-refractivity contribution in [2.24, 2.45) is 4.99 Å². The zero-order valence-corrected chi connectivity index (χ0v) is 12.3. The van der Waals surface area contributed by atoms with Gasteiger partial charge in [0.2, 0.25) is 0 Å². The van der Waals surface area contributed by atoms with E-state index in [2.05, 4.69) is 9.98 Å². The van der Waals surface area contributed by atoms with E-state index < -0.39 is 0 Å². The van der Waals surface area contributed by atoms with Gasteiger partial charge in [-0.1, -0.05) is 6.07 Å². The maximum atomic E-state index is 8.04. The molecule has 1 aromatic carbocycles. The Kier molecular flexibility index (Phi) is 4.33. The summed E-state index contributed by atoms with van der Waals surface area (Å²) in [6, 6.07) is 7.16. The molecule has 0 aliphatic heterocycles. The van der Waals surface area contributed by atoms with Gasteiger partial charge in [-0.05, 0) is 43.2 Å². The Bertz CT molecular complexity index is 708. The Balaban J connectivity index is 2.33. The summed E-state index contributed by atoms with van der Waals surface area (Å²) in [6.07, 6.45) is 3.29. The van der Waals surface area contributed by atoms with Gasteiger partial charge in [-0.25, -0.2) is 0 Å². The average molecular weight is 284 g/mol. The lowest BCUT2D eigenvalue weighted by atomic mass is 10.1. The molecule has 0 aliphatic rings. The molecule has 0 atom stereocenters. The van der Waals surface area contributed by atoms with Gasteiger partial charge in [0, 0.05) is 18.0 Å². The molecule has 3 N–H and O–H groups in total. The fraction of sp³-hybridized carbons (Fsp3) is 0.188. The second-order valence-corrected chi connectivity index (χ2v) is 4.68. The van der Waals surface area contributed by atoms with Crippen LogP contribution in [-0.2, 0) is 0 Å². The lowest BCUT2D eigenvalue weighted by Crippen LogP contribution is -2.07. The van der Waals surface area contributed by atoms with Gasteiger partial charge in [0.25, 0.3) is 0 Å². The second-order valence-electron chi connectivity index (χ2n) is 4.68. The van der Waals surface area contributed by atoms with Gasteiger partial charge in [-0.15, -0.1) is 4.99 Å². The molecule has 21 heavy (non-hydrogen) atoms. The lowest BCUT2D eigenvalue weighted by molar-refractivity contribution is 0.411. The second kappa shape index (κ2) is 6.17. The number of nitrogens with zero attached hydrogens (tertiary/aromatic N) is 2. The lowest BCUT2D eigenvalue weighted by Gasteiger charge is -2.05. The van der Waals surface area contributed by atoms with Crippen LogP contribution in [0.15, 0.2) is 41.7 Å². The number of hydrogen-bond donors (Lipinski definition) is 1. The summed E-state index contributed by atoms with van der Waals surface area (Å²) in [5.41, 5.74) is 3.15. The quantitative estimate of drug-likeness (QED) is 0.532. The van der Waals surface area contributed by atoms with Crippen molar-refractivity contribution in [3.8, 4) is 5.75 Å². The van der Waals surface area contributed by atoms with Gasteiger partial charge >= 0.3 is 5.90 Å². The Morgan fingerprint density at radius 1 is 1.24 bits per heavy atom. The van der Waals surface area contributed by atoms with Crippen LogP contribution in [0.4, 0.5) is 0 Å². The minimum absolute atomic E-state index is 0.0366. The van der Waals surface area contributed by atoms with E-state index in [0.29, 0.717) is 16.9 Å². The molecule has 108 valence electrons. The van der Waals surface area contributed by atoms with E-state index in [1.165, 1.54) is 0 Å². The zero-order chi connectivity index (χ0) is 15.4. The number of hydrogen-bond acceptors (Lipinski definition) is 3. The van der Waals surface area contributed by atoms with Crippen LogP contribution in [0.3, 0.4) is 0 Å². The van der Waals surface area contributed by atoms with Crippen LogP contribution in [0, 0.1) is 19.3 Å². The molecule has 0 spiro atoms. The molecule has 1 aromatic heterocycles.